The standard InChI is InChI=1S/C12H18BrN3/c13-3-5-15-6-8-16(9-7-15)11-12-2-1-4-14-10-12/h1-2,4,10H,3,5-9,11H2. The molecule has 0 bridgehead atoms. The van der Waals surface area contributed by atoms with Gasteiger partial charge in [-0.1, -0.05) is 22.0 Å². The molecule has 0 unspecified atom stereocenters. The molecule has 1 aromatic rings. The molecule has 2 heterocycles. The molecule has 4 heteroatoms. The van der Waals surface area contributed by atoms with Gasteiger partial charge in [0.2, 0.25) is 0 Å². The molecule has 1 fully saturated rings. The number of piperazine rings is 1. The summed E-state index contributed by atoms with van der Waals surface area (Å²) in [5, 5.41) is 1.08. The van der Waals surface area contributed by atoms with Crippen molar-refractivity contribution in [3.8, 4) is 0 Å². The minimum atomic E-state index is 1.04. The maximum atomic E-state index is 4.15. The van der Waals surface area contributed by atoms with Gasteiger partial charge in [-0.15, -0.1) is 0 Å². The van der Waals surface area contributed by atoms with E-state index in [4.69, 9.17) is 0 Å². The molecule has 3 nitrogen and oxygen atoms in total. The molecular weight excluding hydrogens is 266 g/mol. The Morgan fingerprint density at radius 2 is 1.94 bits per heavy atom. The third kappa shape index (κ3) is 3.54. The molecule has 0 spiro atoms. The van der Waals surface area contributed by atoms with Gasteiger partial charge in [0.05, 0.1) is 0 Å². The van der Waals surface area contributed by atoms with E-state index in [1.54, 1.807) is 0 Å². The maximum Gasteiger partial charge on any atom is 0.0312 e. The third-order valence-electron chi connectivity index (χ3n) is 2.99. The van der Waals surface area contributed by atoms with Crippen LogP contribution >= 0.6 is 15.9 Å². The predicted octanol–water partition coefficient (Wildman–Crippen LogP) is 1.59. The SMILES string of the molecule is BrCCN1CCN(Cc2cccnc2)CC1. The van der Waals surface area contributed by atoms with Crippen LogP contribution in [0.3, 0.4) is 0 Å². The second kappa shape index (κ2) is 6.33. The van der Waals surface area contributed by atoms with Crippen molar-refractivity contribution >= 4 is 15.9 Å². The summed E-state index contributed by atoms with van der Waals surface area (Å²) in [6.45, 7) is 6.91. The number of rotatable bonds is 4. The average Bonchev–Trinajstić information content (AvgIpc) is 2.33. The van der Waals surface area contributed by atoms with Crippen molar-refractivity contribution in [2.24, 2.45) is 0 Å². The summed E-state index contributed by atoms with van der Waals surface area (Å²) in [4.78, 5) is 9.16. The Hall–Kier alpha value is -0.450. The molecule has 1 saturated heterocycles. The second-order valence-corrected chi connectivity index (χ2v) is 4.96. The summed E-state index contributed by atoms with van der Waals surface area (Å²) in [6.07, 6.45) is 3.79. The number of hydrogen-bond acceptors (Lipinski definition) is 3. The summed E-state index contributed by atoms with van der Waals surface area (Å²) in [5.41, 5.74) is 1.32. The van der Waals surface area contributed by atoms with E-state index in [1.807, 2.05) is 18.5 Å². The van der Waals surface area contributed by atoms with Crippen LogP contribution in [-0.2, 0) is 6.54 Å². The minimum Gasteiger partial charge on any atom is -0.300 e. The largest absolute Gasteiger partial charge is 0.300 e. The van der Waals surface area contributed by atoms with Gasteiger partial charge in [-0.2, -0.15) is 0 Å². The van der Waals surface area contributed by atoms with Gasteiger partial charge in [-0.3, -0.25) is 14.8 Å². The summed E-state index contributed by atoms with van der Waals surface area (Å²) < 4.78 is 0. The lowest BCUT2D eigenvalue weighted by Gasteiger charge is -2.34. The molecule has 0 atom stereocenters. The molecule has 1 aliphatic heterocycles. The van der Waals surface area contributed by atoms with Gasteiger partial charge in [0, 0.05) is 57.0 Å². The topological polar surface area (TPSA) is 19.4 Å². The van der Waals surface area contributed by atoms with E-state index in [2.05, 4.69) is 36.8 Å². The Balaban J connectivity index is 1.77. The van der Waals surface area contributed by atoms with E-state index < -0.39 is 0 Å². The van der Waals surface area contributed by atoms with Gasteiger partial charge in [0.15, 0.2) is 0 Å². The molecule has 0 saturated carbocycles. The van der Waals surface area contributed by atoms with Crippen LogP contribution in [0.4, 0.5) is 0 Å². The number of nitrogens with zero attached hydrogens (tertiary/aromatic N) is 3. The highest BCUT2D eigenvalue weighted by molar-refractivity contribution is 9.09. The molecule has 0 N–H and O–H groups in total. The van der Waals surface area contributed by atoms with Crippen LogP contribution in [0.25, 0.3) is 0 Å². The molecule has 16 heavy (non-hydrogen) atoms. The first kappa shape index (κ1) is 12.0. The number of aromatic nitrogens is 1. The summed E-state index contributed by atoms with van der Waals surface area (Å²) in [5.74, 6) is 0. The molecule has 0 aromatic carbocycles. The first-order chi connectivity index (χ1) is 7.88. The van der Waals surface area contributed by atoms with Crippen LogP contribution < -0.4 is 0 Å². The molecule has 2 rings (SSSR count). The Bertz CT molecular complexity index is 296. The molecule has 0 amide bonds. The normalized spacial score (nSPS) is 18.8. The van der Waals surface area contributed by atoms with Gasteiger partial charge >= 0.3 is 0 Å². The van der Waals surface area contributed by atoms with Crippen molar-refractivity contribution in [3.05, 3.63) is 30.1 Å². The zero-order valence-corrected chi connectivity index (χ0v) is 11.1. The first-order valence-corrected chi connectivity index (χ1v) is 6.90. The van der Waals surface area contributed by atoms with Crippen molar-refractivity contribution < 1.29 is 0 Å². The van der Waals surface area contributed by atoms with E-state index in [0.717, 1.165) is 11.9 Å². The number of halogens is 1. The van der Waals surface area contributed by atoms with E-state index in [-0.39, 0.29) is 0 Å². The summed E-state index contributed by atoms with van der Waals surface area (Å²) >= 11 is 3.49. The molecule has 1 aromatic heterocycles. The van der Waals surface area contributed by atoms with Crippen LogP contribution in [0.1, 0.15) is 5.56 Å². The van der Waals surface area contributed by atoms with Gasteiger partial charge in [-0.25, -0.2) is 0 Å². The fourth-order valence-corrected chi connectivity index (χ4v) is 2.54. The summed E-state index contributed by atoms with van der Waals surface area (Å²) in [6, 6.07) is 4.16. The predicted molar refractivity (Wildman–Crippen MR) is 69.7 cm³/mol. The molecule has 0 aliphatic carbocycles. The molecule has 88 valence electrons. The van der Waals surface area contributed by atoms with Gasteiger partial charge in [-0.05, 0) is 11.6 Å². The molecular formula is C12H18BrN3. The van der Waals surface area contributed by atoms with Crippen LogP contribution in [0.5, 0.6) is 0 Å². The van der Waals surface area contributed by atoms with Crippen molar-refractivity contribution in [2.75, 3.05) is 38.1 Å². The van der Waals surface area contributed by atoms with Gasteiger partial charge in [0.1, 0.15) is 0 Å². The minimum absolute atomic E-state index is 1.04. The first-order valence-electron chi connectivity index (χ1n) is 5.78. The summed E-state index contributed by atoms with van der Waals surface area (Å²) in [7, 11) is 0. The highest BCUT2D eigenvalue weighted by Crippen LogP contribution is 2.07. The van der Waals surface area contributed by atoms with E-state index in [0.29, 0.717) is 0 Å². The smallest absolute Gasteiger partial charge is 0.0312 e. The number of alkyl halides is 1. The van der Waals surface area contributed by atoms with Crippen molar-refractivity contribution in [3.63, 3.8) is 0 Å². The van der Waals surface area contributed by atoms with Crippen molar-refractivity contribution in [1.82, 2.24) is 14.8 Å². The Labute approximate surface area is 106 Å². The van der Waals surface area contributed by atoms with E-state index in [9.17, 15) is 0 Å². The molecule has 1 aliphatic rings. The number of pyridine rings is 1. The quantitative estimate of drug-likeness (QED) is 0.783. The van der Waals surface area contributed by atoms with Crippen molar-refractivity contribution in [1.29, 1.82) is 0 Å². The zero-order chi connectivity index (χ0) is 11.2. The highest BCUT2D eigenvalue weighted by Gasteiger charge is 2.15. The Morgan fingerprint density at radius 1 is 1.19 bits per heavy atom. The maximum absolute atomic E-state index is 4.15. The monoisotopic (exact) mass is 283 g/mol. The lowest BCUT2D eigenvalue weighted by molar-refractivity contribution is 0.133. The molecule has 0 radical (unpaired) electrons. The Morgan fingerprint density at radius 3 is 2.56 bits per heavy atom. The number of hydrogen-bond donors (Lipinski definition) is 0. The van der Waals surface area contributed by atoms with Gasteiger partial charge in [0.25, 0.3) is 0 Å². The van der Waals surface area contributed by atoms with E-state index >= 15 is 0 Å². The lowest BCUT2D eigenvalue weighted by atomic mass is 10.2. The van der Waals surface area contributed by atoms with Gasteiger partial charge < -0.3 is 0 Å². The Kier molecular flexibility index (Phi) is 4.75. The van der Waals surface area contributed by atoms with Crippen LogP contribution in [-0.4, -0.2) is 52.8 Å². The van der Waals surface area contributed by atoms with Crippen molar-refractivity contribution in [2.45, 2.75) is 6.54 Å². The fourth-order valence-electron chi connectivity index (χ4n) is 2.04. The third-order valence-corrected chi connectivity index (χ3v) is 3.35. The average molecular weight is 284 g/mol. The van der Waals surface area contributed by atoms with E-state index in [1.165, 1.54) is 38.3 Å². The zero-order valence-electron chi connectivity index (χ0n) is 9.48. The second-order valence-electron chi connectivity index (χ2n) is 4.17. The van der Waals surface area contributed by atoms with Crippen LogP contribution in [0.15, 0.2) is 24.5 Å². The fraction of sp³-hybridized carbons (Fsp3) is 0.583. The lowest BCUT2D eigenvalue weighted by Crippen LogP contribution is -2.46. The highest BCUT2D eigenvalue weighted by atomic mass is 79.9. The van der Waals surface area contributed by atoms with Crippen LogP contribution in [0.2, 0.25) is 0 Å². The van der Waals surface area contributed by atoms with Crippen LogP contribution in [0, 0.1) is 0 Å².